The number of nitrogens with zero attached hydrogens (tertiary/aromatic N) is 3. The van der Waals surface area contributed by atoms with E-state index in [1.807, 2.05) is 42.5 Å². The Balaban J connectivity index is 1.74. The molecule has 0 aliphatic carbocycles. The van der Waals surface area contributed by atoms with E-state index in [1.54, 1.807) is 29.2 Å². The van der Waals surface area contributed by atoms with Gasteiger partial charge in [-0.25, -0.2) is 0 Å². The number of halogens is 1. The van der Waals surface area contributed by atoms with Crippen LogP contribution in [0.25, 0.3) is 0 Å². The maximum Gasteiger partial charge on any atom is 0.275 e. The molecule has 0 radical (unpaired) electrons. The van der Waals surface area contributed by atoms with Gasteiger partial charge in [0.15, 0.2) is 0 Å². The van der Waals surface area contributed by atoms with Gasteiger partial charge in [-0.2, -0.15) is 0 Å². The summed E-state index contributed by atoms with van der Waals surface area (Å²) >= 11 is 6.10. The molecular formula is C25H19ClN4O3. The number of aliphatic imine (C=N–C) groups is 1. The Morgan fingerprint density at radius 1 is 1.03 bits per heavy atom. The van der Waals surface area contributed by atoms with Crippen LogP contribution in [0.1, 0.15) is 17.2 Å². The molecule has 164 valence electrons. The number of hydrogen-bond acceptors (Lipinski definition) is 5. The van der Waals surface area contributed by atoms with Gasteiger partial charge in [0.2, 0.25) is 0 Å². The lowest BCUT2D eigenvalue weighted by atomic mass is 9.91. The average Bonchev–Trinajstić information content (AvgIpc) is 2.97. The Labute approximate surface area is 195 Å². The number of amides is 1. The number of rotatable bonds is 4. The number of nitro groups is 1. The van der Waals surface area contributed by atoms with Crippen LogP contribution in [0.3, 0.4) is 0 Å². The van der Waals surface area contributed by atoms with Crippen LogP contribution in [0.15, 0.2) is 95.1 Å². The second-order valence-electron chi connectivity index (χ2n) is 7.72. The van der Waals surface area contributed by atoms with Crippen molar-refractivity contribution in [1.82, 2.24) is 5.32 Å². The van der Waals surface area contributed by atoms with E-state index in [1.165, 1.54) is 12.1 Å². The number of hydrogen-bond donors (Lipinski definition) is 1. The van der Waals surface area contributed by atoms with Crippen molar-refractivity contribution in [1.29, 1.82) is 0 Å². The minimum Gasteiger partial charge on any atom is -0.378 e. The van der Waals surface area contributed by atoms with E-state index in [0.717, 1.165) is 5.56 Å². The molecule has 2 aliphatic rings. The number of para-hydroxylation sites is 1. The van der Waals surface area contributed by atoms with Gasteiger partial charge in [-0.05, 0) is 29.8 Å². The van der Waals surface area contributed by atoms with Crippen molar-refractivity contribution < 1.29 is 9.72 Å². The van der Waals surface area contributed by atoms with E-state index in [4.69, 9.17) is 16.6 Å². The minimum atomic E-state index is -0.588. The molecule has 0 saturated heterocycles. The lowest BCUT2D eigenvalue weighted by Gasteiger charge is -2.28. The van der Waals surface area contributed by atoms with Crippen molar-refractivity contribution in [3.8, 4) is 0 Å². The maximum absolute atomic E-state index is 13.7. The molecule has 3 aromatic carbocycles. The molecule has 3 aromatic rings. The fraction of sp³-hybridized carbons (Fsp3) is 0.120. The fourth-order valence-corrected chi connectivity index (χ4v) is 4.43. The minimum absolute atomic E-state index is 0.0337. The molecule has 1 amide bonds. The third-order valence-electron chi connectivity index (χ3n) is 5.72. The average molecular weight is 459 g/mol. The van der Waals surface area contributed by atoms with E-state index in [2.05, 4.69) is 5.32 Å². The number of non-ortho nitro benzene ring substituents is 1. The lowest BCUT2D eigenvalue weighted by molar-refractivity contribution is -0.384. The van der Waals surface area contributed by atoms with Crippen molar-refractivity contribution in [3.05, 3.63) is 116 Å². The van der Waals surface area contributed by atoms with E-state index in [9.17, 15) is 14.9 Å². The molecule has 2 aliphatic heterocycles. The van der Waals surface area contributed by atoms with Crippen LogP contribution in [0, 0.1) is 10.1 Å². The number of benzene rings is 3. The Morgan fingerprint density at radius 3 is 2.52 bits per heavy atom. The molecule has 0 spiro atoms. The maximum atomic E-state index is 13.7. The van der Waals surface area contributed by atoms with Gasteiger partial charge in [-0.15, -0.1) is 0 Å². The van der Waals surface area contributed by atoms with Gasteiger partial charge < -0.3 is 5.32 Å². The molecule has 1 atom stereocenters. The van der Waals surface area contributed by atoms with Crippen molar-refractivity contribution >= 4 is 34.6 Å². The second kappa shape index (κ2) is 8.52. The summed E-state index contributed by atoms with van der Waals surface area (Å²) in [4.78, 5) is 31.3. The van der Waals surface area contributed by atoms with Gasteiger partial charge in [0.1, 0.15) is 5.70 Å². The highest BCUT2D eigenvalue weighted by Gasteiger charge is 2.44. The first-order chi connectivity index (χ1) is 16.0. The van der Waals surface area contributed by atoms with Gasteiger partial charge >= 0.3 is 0 Å². The Hall–Kier alpha value is -3.97. The normalized spacial score (nSPS) is 17.8. The number of carbonyl (C=O) groups is 1. The van der Waals surface area contributed by atoms with Crippen LogP contribution in [-0.4, -0.2) is 29.6 Å². The van der Waals surface area contributed by atoms with Gasteiger partial charge in [-0.3, -0.25) is 24.8 Å². The first-order valence-electron chi connectivity index (χ1n) is 10.5. The van der Waals surface area contributed by atoms with Crippen LogP contribution in [0.2, 0.25) is 5.02 Å². The Morgan fingerprint density at radius 2 is 1.79 bits per heavy atom. The molecule has 0 aromatic heterocycles. The molecule has 0 unspecified atom stereocenters. The van der Waals surface area contributed by atoms with Crippen molar-refractivity contribution in [2.24, 2.45) is 4.99 Å². The summed E-state index contributed by atoms with van der Waals surface area (Å²) in [5, 5.41) is 15.4. The second-order valence-corrected chi connectivity index (χ2v) is 8.15. The SMILES string of the molecule is O=C1C2=C(C(c3ccc(Cl)cc3)=NCCN2)[C@H](c2cccc([N+](=O)[O-])c2)N1c1ccccc1. The molecule has 8 heteroatoms. The first kappa shape index (κ1) is 20.9. The topological polar surface area (TPSA) is 87.8 Å². The largest absolute Gasteiger partial charge is 0.378 e. The van der Waals surface area contributed by atoms with Crippen LogP contribution < -0.4 is 10.2 Å². The monoisotopic (exact) mass is 458 g/mol. The highest BCUT2D eigenvalue weighted by Crippen LogP contribution is 2.43. The molecular weight excluding hydrogens is 440 g/mol. The van der Waals surface area contributed by atoms with E-state index in [-0.39, 0.29) is 11.6 Å². The third kappa shape index (κ3) is 3.76. The lowest BCUT2D eigenvalue weighted by Crippen LogP contribution is -2.33. The van der Waals surface area contributed by atoms with Gasteiger partial charge in [0.25, 0.3) is 11.6 Å². The molecule has 2 heterocycles. The smallest absolute Gasteiger partial charge is 0.275 e. The van der Waals surface area contributed by atoms with Gasteiger partial charge in [0, 0.05) is 40.5 Å². The summed E-state index contributed by atoms with van der Waals surface area (Å²) in [5.41, 5.74) is 3.96. The third-order valence-corrected chi connectivity index (χ3v) is 5.97. The van der Waals surface area contributed by atoms with E-state index in [0.29, 0.717) is 46.3 Å². The van der Waals surface area contributed by atoms with Gasteiger partial charge in [0.05, 0.1) is 23.2 Å². The van der Waals surface area contributed by atoms with Gasteiger partial charge in [-0.1, -0.05) is 54.1 Å². The van der Waals surface area contributed by atoms with Crippen molar-refractivity contribution in [2.75, 3.05) is 18.0 Å². The molecule has 0 saturated carbocycles. The summed E-state index contributed by atoms with van der Waals surface area (Å²) in [7, 11) is 0. The molecule has 33 heavy (non-hydrogen) atoms. The summed E-state index contributed by atoms with van der Waals surface area (Å²) in [6.45, 7) is 0.997. The molecule has 0 fully saturated rings. The van der Waals surface area contributed by atoms with E-state index >= 15 is 0 Å². The predicted octanol–water partition coefficient (Wildman–Crippen LogP) is 4.68. The molecule has 5 rings (SSSR count). The van der Waals surface area contributed by atoms with Crippen LogP contribution >= 0.6 is 11.6 Å². The van der Waals surface area contributed by atoms with Crippen LogP contribution in [0.4, 0.5) is 11.4 Å². The fourth-order valence-electron chi connectivity index (χ4n) is 4.30. The number of nitrogens with one attached hydrogen (secondary N) is 1. The number of anilines is 1. The number of nitro benzene ring substituents is 1. The number of carbonyl (C=O) groups excluding carboxylic acids is 1. The Bertz CT molecular complexity index is 1300. The molecule has 0 bridgehead atoms. The van der Waals surface area contributed by atoms with Crippen molar-refractivity contribution in [2.45, 2.75) is 6.04 Å². The first-order valence-corrected chi connectivity index (χ1v) is 10.8. The summed E-state index contributed by atoms with van der Waals surface area (Å²) < 4.78 is 0. The molecule has 1 N–H and O–H groups in total. The van der Waals surface area contributed by atoms with Crippen molar-refractivity contribution in [3.63, 3.8) is 0 Å². The zero-order chi connectivity index (χ0) is 22.9. The standard InChI is InChI=1S/C25H19ClN4O3/c26-18-11-9-16(10-12-18)22-21-23(28-14-13-27-22)25(31)29(19-6-2-1-3-7-19)24(21)17-5-4-8-20(15-17)30(32)33/h1-12,15,24,28H,13-14H2/t24-/m0/s1. The van der Waals surface area contributed by atoms with Crippen LogP contribution in [0.5, 0.6) is 0 Å². The molecule has 7 nitrogen and oxygen atoms in total. The van der Waals surface area contributed by atoms with Crippen LogP contribution in [-0.2, 0) is 4.79 Å². The summed E-state index contributed by atoms with van der Waals surface area (Å²) in [6.07, 6.45) is 0. The predicted molar refractivity (Wildman–Crippen MR) is 128 cm³/mol. The van der Waals surface area contributed by atoms with E-state index < -0.39 is 11.0 Å². The summed E-state index contributed by atoms with van der Waals surface area (Å²) in [6, 6.07) is 22.4. The highest BCUT2D eigenvalue weighted by molar-refractivity contribution is 6.31. The highest BCUT2D eigenvalue weighted by atomic mass is 35.5. The zero-order valence-electron chi connectivity index (χ0n) is 17.4. The quantitative estimate of drug-likeness (QED) is 0.454. The Kier molecular flexibility index (Phi) is 5.40. The zero-order valence-corrected chi connectivity index (χ0v) is 18.2. The summed E-state index contributed by atoms with van der Waals surface area (Å²) in [5.74, 6) is -0.198.